The largest absolute Gasteiger partial charge is 0.506 e. The van der Waals surface area contributed by atoms with Gasteiger partial charge in [0.15, 0.2) is 0 Å². The van der Waals surface area contributed by atoms with Crippen molar-refractivity contribution in [2.75, 3.05) is 0 Å². The summed E-state index contributed by atoms with van der Waals surface area (Å²) in [6.07, 6.45) is 4.41. The van der Waals surface area contributed by atoms with Gasteiger partial charge in [0.1, 0.15) is 11.4 Å². The van der Waals surface area contributed by atoms with Crippen molar-refractivity contribution in [3.05, 3.63) is 35.5 Å². The smallest absolute Gasteiger partial charge is 0.333 e. The fourth-order valence-corrected chi connectivity index (χ4v) is 3.15. The molecule has 0 radical (unpaired) electrons. The summed E-state index contributed by atoms with van der Waals surface area (Å²) in [6, 6.07) is 3.02. The van der Waals surface area contributed by atoms with Gasteiger partial charge in [0.05, 0.1) is 11.8 Å². The number of amides is 1. The molecule has 28 heavy (non-hydrogen) atoms. The third-order valence-corrected chi connectivity index (χ3v) is 4.80. The molecule has 3 rings (SSSR count). The number of aromatic hydroxyl groups is 1. The highest BCUT2D eigenvalue weighted by atomic mass is 16.5. The van der Waals surface area contributed by atoms with Crippen LogP contribution in [0.5, 0.6) is 5.75 Å². The number of carbonyl (C=O) groups is 2. The lowest BCUT2D eigenvalue weighted by Gasteiger charge is -2.25. The van der Waals surface area contributed by atoms with Crippen molar-refractivity contribution in [3.63, 3.8) is 0 Å². The van der Waals surface area contributed by atoms with Gasteiger partial charge in [-0.25, -0.2) is 9.78 Å². The van der Waals surface area contributed by atoms with Crippen LogP contribution in [0.15, 0.2) is 34.1 Å². The molecule has 2 aromatic rings. The van der Waals surface area contributed by atoms with Gasteiger partial charge in [0, 0.05) is 18.5 Å². The minimum absolute atomic E-state index is 0.0344. The minimum atomic E-state index is -0.979. The van der Waals surface area contributed by atoms with Gasteiger partial charge in [0.2, 0.25) is 17.6 Å². The van der Waals surface area contributed by atoms with E-state index in [4.69, 9.17) is 4.52 Å². The molecule has 2 heterocycles. The molecule has 1 unspecified atom stereocenters. The molecule has 1 amide bonds. The Bertz CT molecular complexity index is 888. The summed E-state index contributed by atoms with van der Waals surface area (Å²) in [7, 11) is 0. The van der Waals surface area contributed by atoms with E-state index in [-0.39, 0.29) is 41.8 Å². The Morgan fingerprint density at radius 3 is 2.86 bits per heavy atom. The lowest BCUT2D eigenvalue weighted by atomic mass is 9.85. The molecule has 0 saturated heterocycles. The van der Waals surface area contributed by atoms with Gasteiger partial charge in [0.25, 0.3) is 0 Å². The summed E-state index contributed by atoms with van der Waals surface area (Å²) in [4.78, 5) is 31.9. The number of hydrogen-bond acceptors (Lipinski definition) is 7. The van der Waals surface area contributed by atoms with E-state index in [2.05, 4.69) is 27.4 Å². The van der Waals surface area contributed by atoms with E-state index < -0.39 is 5.97 Å². The predicted molar refractivity (Wildman–Crippen MR) is 98.0 cm³/mol. The molecule has 0 aliphatic heterocycles. The summed E-state index contributed by atoms with van der Waals surface area (Å²) in [5.41, 5.74) is 1.24. The quantitative estimate of drug-likeness (QED) is 0.659. The molecule has 0 saturated carbocycles. The lowest BCUT2D eigenvalue weighted by molar-refractivity contribution is -0.133. The Morgan fingerprint density at radius 1 is 1.36 bits per heavy atom. The molecule has 0 bridgehead atoms. The Hall–Kier alpha value is -3.23. The van der Waals surface area contributed by atoms with Crippen LogP contribution in [0.3, 0.4) is 0 Å². The van der Waals surface area contributed by atoms with Gasteiger partial charge in [-0.15, -0.1) is 0 Å². The Kier molecular flexibility index (Phi) is 6.03. The van der Waals surface area contributed by atoms with Crippen LogP contribution in [0.4, 0.5) is 0 Å². The normalized spacial score (nSPS) is 16.8. The first-order valence-corrected chi connectivity index (χ1v) is 9.19. The summed E-state index contributed by atoms with van der Waals surface area (Å²) in [6.45, 7) is 2.06. The zero-order valence-corrected chi connectivity index (χ0v) is 15.5. The number of allylic oxidation sites excluding steroid dienone is 1. The van der Waals surface area contributed by atoms with Crippen molar-refractivity contribution in [2.45, 2.75) is 45.4 Å². The number of carboxylic acids is 1. The van der Waals surface area contributed by atoms with Crippen LogP contribution in [0, 0.1) is 5.92 Å². The molecule has 1 aliphatic carbocycles. The van der Waals surface area contributed by atoms with E-state index in [0.29, 0.717) is 30.2 Å². The second kappa shape index (κ2) is 8.64. The SMILES string of the molecule is CCC1CCC(C(=O)O)=C(NC(=O)CCc2nc(-c3ccc(O)cn3)no2)C1. The topological polar surface area (TPSA) is 138 Å². The maximum absolute atomic E-state index is 12.3. The van der Waals surface area contributed by atoms with Crippen molar-refractivity contribution < 1.29 is 24.3 Å². The van der Waals surface area contributed by atoms with E-state index >= 15 is 0 Å². The average Bonchev–Trinajstić information content (AvgIpc) is 3.15. The summed E-state index contributed by atoms with van der Waals surface area (Å²) in [5.74, 6) is -0.297. The first kappa shape index (κ1) is 19.5. The summed E-state index contributed by atoms with van der Waals surface area (Å²) >= 11 is 0. The average molecular weight is 386 g/mol. The van der Waals surface area contributed by atoms with Crippen molar-refractivity contribution in [2.24, 2.45) is 5.92 Å². The molecule has 0 fully saturated rings. The number of carboxylic acid groups (broad SMARTS) is 1. The van der Waals surface area contributed by atoms with Crippen molar-refractivity contribution in [1.29, 1.82) is 0 Å². The molecule has 0 spiro atoms. The number of aryl methyl sites for hydroxylation is 1. The third-order valence-electron chi connectivity index (χ3n) is 4.80. The van der Waals surface area contributed by atoms with Gasteiger partial charge >= 0.3 is 5.97 Å². The maximum Gasteiger partial charge on any atom is 0.333 e. The van der Waals surface area contributed by atoms with Gasteiger partial charge in [-0.1, -0.05) is 18.5 Å². The molecular formula is C19H22N4O5. The van der Waals surface area contributed by atoms with Crippen LogP contribution in [0.1, 0.15) is 44.9 Å². The molecule has 3 N–H and O–H groups in total. The maximum atomic E-state index is 12.3. The van der Waals surface area contributed by atoms with Gasteiger partial charge < -0.3 is 20.1 Å². The number of nitrogens with zero attached hydrogens (tertiary/aromatic N) is 3. The molecule has 2 aromatic heterocycles. The Labute approximate surface area is 161 Å². The second-order valence-corrected chi connectivity index (χ2v) is 6.74. The zero-order chi connectivity index (χ0) is 20.1. The van der Waals surface area contributed by atoms with Crippen molar-refractivity contribution in [1.82, 2.24) is 20.4 Å². The number of hydrogen-bond donors (Lipinski definition) is 3. The van der Waals surface area contributed by atoms with E-state index in [0.717, 1.165) is 12.8 Å². The van der Waals surface area contributed by atoms with Gasteiger partial charge in [-0.3, -0.25) is 4.79 Å². The van der Waals surface area contributed by atoms with Crippen LogP contribution in [0.25, 0.3) is 11.5 Å². The van der Waals surface area contributed by atoms with Crippen LogP contribution in [-0.2, 0) is 16.0 Å². The van der Waals surface area contributed by atoms with Crippen LogP contribution in [-0.4, -0.2) is 37.2 Å². The van der Waals surface area contributed by atoms with Gasteiger partial charge in [-0.2, -0.15) is 4.98 Å². The number of aliphatic carboxylic acids is 1. The first-order valence-electron chi connectivity index (χ1n) is 9.19. The third kappa shape index (κ3) is 4.73. The number of nitrogens with one attached hydrogen (secondary N) is 1. The standard InChI is InChI=1S/C19H22N4O5/c1-2-11-3-5-13(19(26)27)15(9-11)21-16(25)7-8-17-22-18(23-28-17)14-6-4-12(24)10-20-14/h4,6,10-11,24H,2-3,5,7-9H2,1H3,(H,21,25)(H,26,27). The number of pyridine rings is 1. The number of aromatic nitrogens is 3. The molecule has 1 aliphatic rings. The van der Waals surface area contributed by atoms with E-state index in [1.54, 1.807) is 6.07 Å². The Morgan fingerprint density at radius 2 is 2.18 bits per heavy atom. The Balaban J connectivity index is 1.59. The molecular weight excluding hydrogens is 364 g/mol. The lowest BCUT2D eigenvalue weighted by Crippen LogP contribution is -2.29. The van der Waals surface area contributed by atoms with E-state index in [9.17, 15) is 19.8 Å². The summed E-state index contributed by atoms with van der Waals surface area (Å²) < 4.78 is 5.13. The van der Waals surface area contributed by atoms with Crippen molar-refractivity contribution >= 4 is 11.9 Å². The van der Waals surface area contributed by atoms with Crippen molar-refractivity contribution in [3.8, 4) is 17.3 Å². The number of carbonyl (C=O) groups excluding carboxylic acids is 1. The van der Waals surface area contributed by atoms with E-state index in [1.807, 2.05) is 0 Å². The summed E-state index contributed by atoms with van der Waals surface area (Å²) in [5, 5.41) is 25.2. The van der Waals surface area contributed by atoms with Gasteiger partial charge in [-0.05, 0) is 37.3 Å². The van der Waals surface area contributed by atoms with Crippen LogP contribution < -0.4 is 5.32 Å². The fraction of sp³-hybridized carbons (Fsp3) is 0.421. The van der Waals surface area contributed by atoms with E-state index in [1.165, 1.54) is 12.3 Å². The number of rotatable bonds is 7. The zero-order valence-electron chi connectivity index (χ0n) is 15.5. The predicted octanol–water partition coefficient (Wildman–Crippen LogP) is 2.43. The molecule has 1 atom stereocenters. The first-order chi connectivity index (χ1) is 13.5. The highest BCUT2D eigenvalue weighted by Gasteiger charge is 2.25. The highest BCUT2D eigenvalue weighted by molar-refractivity contribution is 5.89. The minimum Gasteiger partial charge on any atom is -0.506 e. The molecule has 0 aromatic carbocycles. The second-order valence-electron chi connectivity index (χ2n) is 6.74. The molecule has 9 heteroatoms. The monoisotopic (exact) mass is 386 g/mol. The van der Waals surface area contributed by atoms with Crippen LogP contribution >= 0.6 is 0 Å². The highest BCUT2D eigenvalue weighted by Crippen LogP contribution is 2.30. The van der Waals surface area contributed by atoms with Crippen LogP contribution in [0.2, 0.25) is 0 Å². The molecule has 148 valence electrons. The molecule has 9 nitrogen and oxygen atoms in total. The fourth-order valence-electron chi connectivity index (χ4n) is 3.15.